The van der Waals surface area contributed by atoms with E-state index in [1.54, 1.807) is 0 Å². The van der Waals surface area contributed by atoms with Crippen LogP contribution in [0, 0.1) is 17.6 Å². The zero-order chi connectivity index (χ0) is 9.97. The lowest BCUT2D eigenvalue weighted by molar-refractivity contribution is 0.183. The first-order valence-corrected chi connectivity index (χ1v) is 5.51. The fraction of sp³-hybridized carbons (Fsp3) is 0.700. The summed E-state index contributed by atoms with van der Waals surface area (Å²) in [5.41, 5.74) is 1.22. The molecule has 2 rings (SSSR count). The van der Waals surface area contributed by atoms with Gasteiger partial charge < -0.3 is 14.3 Å². The molecule has 1 fully saturated rings. The minimum atomic E-state index is 0.728. The fourth-order valence-corrected chi connectivity index (χ4v) is 2.18. The second kappa shape index (κ2) is 4.28. The lowest BCUT2D eigenvalue weighted by atomic mass is 10.1. The Bertz CT molecular complexity index is 349. The molecule has 0 radical (unpaired) electrons. The lowest BCUT2D eigenvalue weighted by Crippen LogP contribution is -2.07. The molecule has 0 bridgehead atoms. The van der Waals surface area contributed by atoms with Gasteiger partial charge in [0.05, 0.1) is 0 Å². The average molecular weight is 212 g/mol. The summed E-state index contributed by atoms with van der Waals surface area (Å²) >= 11 is 5.19. The highest BCUT2D eigenvalue weighted by molar-refractivity contribution is 7.71. The molecule has 78 valence electrons. The highest BCUT2D eigenvalue weighted by Gasteiger charge is 2.15. The summed E-state index contributed by atoms with van der Waals surface area (Å²) in [5, 5.41) is 0. The molecule has 1 aliphatic rings. The van der Waals surface area contributed by atoms with E-state index in [1.807, 2.05) is 6.20 Å². The van der Waals surface area contributed by atoms with Gasteiger partial charge in [-0.25, -0.2) is 0 Å². The maximum absolute atomic E-state index is 5.34. The Kier molecular flexibility index (Phi) is 3.03. The summed E-state index contributed by atoms with van der Waals surface area (Å²) in [7, 11) is 0. The highest BCUT2D eigenvalue weighted by atomic mass is 32.1. The van der Waals surface area contributed by atoms with Gasteiger partial charge in [0.2, 0.25) is 0 Å². The number of aromatic nitrogens is 2. The van der Waals surface area contributed by atoms with E-state index in [0.717, 1.165) is 30.4 Å². The van der Waals surface area contributed by atoms with Gasteiger partial charge in [-0.3, -0.25) is 0 Å². The van der Waals surface area contributed by atoms with Crippen molar-refractivity contribution in [3.8, 4) is 0 Å². The van der Waals surface area contributed by atoms with Crippen molar-refractivity contribution in [3.63, 3.8) is 0 Å². The predicted octanol–water partition coefficient (Wildman–Crippen LogP) is 2.28. The molecule has 0 spiro atoms. The molecule has 0 saturated carbocycles. The quantitative estimate of drug-likeness (QED) is 0.779. The van der Waals surface area contributed by atoms with Crippen molar-refractivity contribution in [1.82, 2.24) is 9.55 Å². The van der Waals surface area contributed by atoms with Crippen LogP contribution < -0.4 is 0 Å². The van der Waals surface area contributed by atoms with Gasteiger partial charge in [0, 0.05) is 31.6 Å². The first-order valence-electron chi connectivity index (χ1n) is 5.10. The summed E-state index contributed by atoms with van der Waals surface area (Å²) in [6.45, 7) is 4.96. The van der Waals surface area contributed by atoms with Crippen LogP contribution in [0.5, 0.6) is 0 Å². The second-order valence-electron chi connectivity index (χ2n) is 3.91. The topological polar surface area (TPSA) is 29.9 Å². The maximum atomic E-state index is 5.34. The summed E-state index contributed by atoms with van der Waals surface area (Å²) in [5.74, 6) is 0.728. The summed E-state index contributed by atoms with van der Waals surface area (Å²) in [6.07, 6.45) is 4.34. The van der Waals surface area contributed by atoms with Crippen LogP contribution in [0.1, 0.15) is 18.5 Å². The number of hydrogen-bond donors (Lipinski definition) is 1. The third kappa shape index (κ3) is 2.07. The Balaban J connectivity index is 1.94. The number of hydrogen-bond acceptors (Lipinski definition) is 2. The molecular weight excluding hydrogens is 196 g/mol. The Hall–Kier alpha value is -0.610. The molecule has 1 aromatic heterocycles. The van der Waals surface area contributed by atoms with E-state index in [-0.39, 0.29) is 0 Å². The van der Waals surface area contributed by atoms with E-state index in [1.165, 1.54) is 18.5 Å². The van der Waals surface area contributed by atoms with E-state index in [9.17, 15) is 0 Å². The first-order chi connectivity index (χ1) is 6.77. The number of nitrogens with one attached hydrogen (secondary N) is 1. The SMILES string of the molecule is Cc1c[nH]c(=S)n1CCC1CCOC1. The Morgan fingerprint density at radius 1 is 1.71 bits per heavy atom. The van der Waals surface area contributed by atoms with Gasteiger partial charge in [-0.2, -0.15) is 0 Å². The van der Waals surface area contributed by atoms with Crippen molar-refractivity contribution in [2.75, 3.05) is 13.2 Å². The van der Waals surface area contributed by atoms with Gasteiger partial charge >= 0.3 is 0 Å². The van der Waals surface area contributed by atoms with Gasteiger partial charge in [-0.05, 0) is 37.9 Å². The maximum Gasteiger partial charge on any atom is 0.177 e. The van der Waals surface area contributed by atoms with Crippen LogP contribution in [0.3, 0.4) is 0 Å². The molecule has 0 aliphatic carbocycles. The molecule has 2 heterocycles. The van der Waals surface area contributed by atoms with Gasteiger partial charge in [0.25, 0.3) is 0 Å². The van der Waals surface area contributed by atoms with Crippen molar-refractivity contribution < 1.29 is 4.74 Å². The molecule has 0 amide bonds. The molecule has 14 heavy (non-hydrogen) atoms. The normalized spacial score (nSPS) is 21.6. The number of aromatic amines is 1. The van der Waals surface area contributed by atoms with Gasteiger partial charge in [-0.15, -0.1) is 0 Å². The van der Waals surface area contributed by atoms with Crippen LogP contribution in [0.15, 0.2) is 6.20 Å². The Morgan fingerprint density at radius 3 is 3.14 bits per heavy atom. The average Bonchev–Trinajstić information content (AvgIpc) is 2.76. The molecule has 3 nitrogen and oxygen atoms in total. The van der Waals surface area contributed by atoms with E-state index >= 15 is 0 Å². The molecule has 1 N–H and O–H groups in total. The number of H-pyrrole nitrogens is 1. The fourth-order valence-electron chi connectivity index (χ4n) is 1.88. The minimum absolute atomic E-state index is 0.728. The molecule has 1 unspecified atom stereocenters. The standard InChI is InChI=1S/C10H16N2OS/c1-8-6-11-10(14)12(8)4-2-9-3-5-13-7-9/h6,9H,2-5,7H2,1H3,(H,11,14). The van der Waals surface area contributed by atoms with Gasteiger partial charge in [0.15, 0.2) is 4.77 Å². The van der Waals surface area contributed by atoms with E-state index in [4.69, 9.17) is 17.0 Å². The van der Waals surface area contributed by atoms with Crippen molar-refractivity contribution in [2.45, 2.75) is 26.3 Å². The molecule has 1 aromatic rings. The molecule has 1 atom stereocenters. The zero-order valence-corrected chi connectivity index (χ0v) is 9.27. The summed E-state index contributed by atoms with van der Waals surface area (Å²) in [4.78, 5) is 3.06. The predicted molar refractivity (Wildman–Crippen MR) is 57.9 cm³/mol. The van der Waals surface area contributed by atoms with Crippen molar-refractivity contribution in [3.05, 3.63) is 16.7 Å². The number of ether oxygens (including phenoxy) is 1. The van der Waals surface area contributed by atoms with Crippen molar-refractivity contribution in [1.29, 1.82) is 0 Å². The van der Waals surface area contributed by atoms with Crippen LogP contribution in [0.25, 0.3) is 0 Å². The van der Waals surface area contributed by atoms with Crippen molar-refractivity contribution in [2.24, 2.45) is 5.92 Å². The summed E-state index contributed by atoms with van der Waals surface area (Å²) in [6, 6.07) is 0. The lowest BCUT2D eigenvalue weighted by Gasteiger charge is -2.09. The number of nitrogens with zero attached hydrogens (tertiary/aromatic N) is 1. The van der Waals surface area contributed by atoms with E-state index < -0.39 is 0 Å². The minimum Gasteiger partial charge on any atom is -0.381 e. The second-order valence-corrected chi connectivity index (χ2v) is 4.29. The van der Waals surface area contributed by atoms with E-state index in [2.05, 4.69) is 16.5 Å². The van der Waals surface area contributed by atoms with Gasteiger partial charge in [0.1, 0.15) is 0 Å². The molecule has 0 aromatic carbocycles. The molecule has 4 heteroatoms. The number of aryl methyl sites for hydroxylation is 1. The summed E-state index contributed by atoms with van der Waals surface area (Å²) < 4.78 is 8.34. The number of rotatable bonds is 3. The van der Waals surface area contributed by atoms with Crippen LogP contribution in [-0.4, -0.2) is 22.8 Å². The third-order valence-corrected chi connectivity index (χ3v) is 3.20. The molecule has 1 aliphatic heterocycles. The monoisotopic (exact) mass is 212 g/mol. The third-order valence-electron chi connectivity index (χ3n) is 2.86. The first kappa shape index (κ1) is 9.93. The highest BCUT2D eigenvalue weighted by Crippen LogP contribution is 2.17. The van der Waals surface area contributed by atoms with Crippen molar-refractivity contribution >= 4 is 12.2 Å². The number of imidazole rings is 1. The largest absolute Gasteiger partial charge is 0.381 e. The molecule has 1 saturated heterocycles. The Morgan fingerprint density at radius 2 is 2.57 bits per heavy atom. The smallest absolute Gasteiger partial charge is 0.177 e. The van der Waals surface area contributed by atoms with Crippen LogP contribution >= 0.6 is 12.2 Å². The zero-order valence-electron chi connectivity index (χ0n) is 8.45. The van der Waals surface area contributed by atoms with Crippen LogP contribution in [0.2, 0.25) is 0 Å². The van der Waals surface area contributed by atoms with Gasteiger partial charge in [-0.1, -0.05) is 0 Å². The van der Waals surface area contributed by atoms with Crippen LogP contribution in [-0.2, 0) is 11.3 Å². The van der Waals surface area contributed by atoms with Crippen LogP contribution in [0.4, 0.5) is 0 Å². The van der Waals surface area contributed by atoms with E-state index in [0.29, 0.717) is 0 Å². The Labute approximate surface area is 89.1 Å². The molecular formula is C10H16N2OS.